The molecule has 2 N–H and O–H groups in total. The number of carbonyl (C=O) groups is 1. The Bertz CT molecular complexity index is 704. The second-order valence-electron chi connectivity index (χ2n) is 6.03. The number of hydrogen-bond acceptors (Lipinski definition) is 3. The Morgan fingerprint density at radius 2 is 1.96 bits per heavy atom. The van der Waals surface area contributed by atoms with Crippen LogP contribution >= 0.6 is 0 Å². The molecule has 1 fully saturated rings. The lowest BCUT2D eigenvalue weighted by Crippen LogP contribution is -2.41. The van der Waals surface area contributed by atoms with E-state index in [0.29, 0.717) is 12.8 Å². The molecule has 0 spiro atoms. The highest BCUT2D eigenvalue weighted by atomic mass is 32.2. The Morgan fingerprint density at radius 1 is 1.25 bits per heavy atom. The Balaban J connectivity index is 2.03. The molecule has 5 nitrogen and oxygen atoms in total. The van der Waals surface area contributed by atoms with Crippen LogP contribution in [0.5, 0.6) is 0 Å². The average molecular weight is 364 g/mol. The van der Waals surface area contributed by atoms with E-state index in [1.54, 1.807) is 0 Å². The first-order valence-electron chi connectivity index (χ1n) is 7.50. The molecule has 0 saturated heterocycles. The van der Waals surface area contributed by atoms with Crippen LogP contribution < -0.4 is 10.0 Å². The van der Waals surface area contributed by atoms with Gasteiger partial charge in [0.25, 0.3) is 5.91 Å². The molecule has 1 saturated carbocycles. The molecule has 134 valence electrons. The second-order valence-corrected chi connectivity index (χ2v) is 7.78. The van der Waals surface area contributed by atoms with Gasteiger partial charge in [0.1, 0.15) is 0 Å². The van der Waals surface area contributed by atoms with E-state index in [4.69, 9.17) is 0 Å². The number of nitrogens with one attached hydrogen (secondary N) is 2. The van der Waals surface area contributed by atoms with Crippen molar-refractivity contribution in [3.05, 3.63) is 29.8 Å². The van der Waals surface area contributed by atoms with Gasteiger partial charge in [-0.05, 0) is 37.5 Å². The van der Waals surface area contributed by atoms with Gasteiger partial charge in [-0.3, -0.25) is 9.52 Å². The molecule has 0 unspecified atom stereocenters. The second kappa shape index (κ2) is 7.00. The third kappa shape index (κ3) is 5.40. The molecule has 1 aromatic carbocycles. The standard InChI is InChI=1S/C15H19F3N2O3S/c1-24(22,23)20-13-7-2-4-10(8-13)14(21)19-12-6-3-5-11(9-12)15(16,17)18/h2,4,7-8,11-12,20H,3,5-6,9H2,1H3,(H,19,21)/t11-,12+/m0/s1. The van der Waals surface area contributed by atoms with Crippen molar-refractivity contribution in [3.8, 4) is 0 Å². The van der Waals surface area contributed by atoms with E-state index < -0.39 is 34.1 Å². The van der Waals surface area contributed by atoms with Crippen LogP contribution in [0.4, 0.5) is 18.9 Å². The lowest BCUT2D eigenvalue weighted by molar-refractivity contribution is -0.183. The van der Waals surface area contributed by atoms with Gasteiger partial charge < -0.3 is 5.32 Å². The SMILES string of the molecule is CS(=O)(=O)Nc1cccc(C(=O)N[C@@H]2CCC[C@H](C(F)(F)F)C2)c1. The number of hydrogen-bond donors (Lipinski definition) is 2. The third-order valence-corrected chi connectivity index (χ3v) is 4.51. The zero-order valence-electron chi connectivity index (χ0n) is 13.1. The lowest BCUT2D eigenvalue weighted by Gasteiger charge is -2.31. The van der Waals surface area contributed by atoms with Gasteiger partial charge in [0, 0.05) is 17.3 Å². The van der Waals surface area contributed by atoms with Gasteiger partial charge in [0.15, 0.2) is 0 Å². The molecular weight excluding hydrogens is 345 g/mol. The Morgan fingerprint density at radius 3 is 2.58 bits per heavy atom. The Kier molecular flexibility index (Phi) is 5.42. The summed E-state index contributed by atoms with van der Waals surface area (Å²) in [6.45, 7) is 0. The molecule has 1 amide bonds. The average Bonchev–Trinajstić information content (AvgIpc) is 2.45. The predicted octanol–water partition coefficient (Wildman–Crippen LogP) is 2.91. The number of rotatable bonds is 4. The van der Waals surface area contributed by atoms with Crippen molar-refractivity contribution in [2.45, 2.75) is 37.9 Å². The maximum absolute atomic E-state index is 12.8. The summed E-state index contributed by atoms with van der Waals surface area (Å²) in [5.74, 6) is -1.91. The molecule has 0 bridgehead atoms. The summed E-state index contributed by atoms with van der Waals surface area (Å²) >= 11 is 0. The molecule has 0 radical (unpaired) electrons. The van der Waals surface area contributed by atoms with Crippen LogP contribution in [0.1, 0.15) is 36.0 Å². The minimum Gasteiger partial charge on any atom is -0.349 e. The van der Waals surface area contributed by atoms with Crippen LogP contribution in [-0.4, -0.2) is 32.8 Å². The molecule has 1 aliphatic rings. The van der Waals surface area contributed by atoms with Crippen molar-refractivity contribution in [2.75, 3.05) is 11.0 Å². The fourth-order valence-corrected chi connectivity index (χ4v) is 3.38. The maximum atomic E-state index is 12.8. The summed E-state index contributed by atoms with van der Waals surface area (Å²) < 4.78 is 63.1. The highest BCUT2D eigenvalue weighted by Crippen LogP contribution is 2.37. The zero-order valence-corrected chi connectivity index (χ0v) is 13.9. The van der Waals surface area contributed by atoms with E-state index in [-0.39, 0.29) is 24.1 Å². The van der Waals surface area contributed by atoms with Crippen molar-refractivity contribution >= 4 is 21.6 Å². The number of anilines is 1. The van der Waals surface area contributed by atoms with Crippen LogP contribution in [0.2, 0.25) is 0 Å². The molecule has 1 aliphatic carbocycles. The molecule has 0 aliphatic heterocycles. The van der Waals surface area contributed by atoms with Gasteiger partial charge in [0.2, 0.25) is 10.0 Å². The Labute approximate surface area is 138 Å². The largest absolute Gasteiger partial charge is 0.391 e. The quantitative estimate of drug-likeness (QED) is 0.863. The zero-order chi connectivity index (χ0) is 18.0. The van der Waals surface area contributed by atoms with E-state index in [1.165, 1.54) is 24.3 Å². The summed E-state index contributed by atoms with van der Waals surface area (Å²) in [5, 5.41) is 2.61. The fourth-order valence-electron chi connectivity index (χ4n) is 2.82. The minimum absolute atomic E-state index is 0.0869. The Hall–Kier alpha value is -1.77. The minimum atomic E-state index is -4.25. The van der Waals surface area contributed by atoms with Crippen molar-refractivity contribution in [1.82, 2.24) is 5.32 Å². The number of halogens is 3. The molecule has 24 heavy (non-hydrogen) atoms. The first kappa shape index (κ1) is 18.6. The number of benzene rings is 1. The van der Waals surface area contributed by atoms with E-state index in [1.807, 2.05) is 0 Å². The molecule has 1 aromatic rings. The van der Waals surface area contributed by atoms with E-state index in [2.05, 4.69) is 10.0 Å². The number of alkyl halides is 3. The summed E-state index contributed by atoms with van der Waals surface area (Å²) in [7, 11) is -3.48. The number of amides is 1. The summed E-state index contributed by atoms with van der Waals surface area (Å²) in [5.41, 5.74) is 0.416. The van der Waals surface area contributed by atoms with Crippen LogP contribution in [0, 0.1) is 5.92 Å². The smallest absolute Gasteiger partial charge is 0.349 e. The fraction of sp³-hybridized carbons (Fsp3) is 0.533. The summed E-state index contributed by atoms with van der Waals surface area (Å²) in [4.78, 5) is 12.2. The van der Waals surface area contributed by atoms with E-state index in [9.17, 15) is 26.4 Å². The van der Waals surface area contributed by atoms with Gasteiger partial charge in [0.05, 0.1) is 12.2 Å². The third-order valence-electron chi connectivity index (χ3n) is 3.90. The molecule has 2 atom stereocenters. The predicted molar refractivity (Wildman–Crippen MR) is 84.2 cm³/mol. The highest BCUT2D eigenvalue weighted by Gasteiger charge is 2.42. The van der Waals surface area contributed by atoms with Crippen LogP contribution in [0.25, 0.3) is 0 Å². The molecule has 9 heteroatoms. The number of sulfonamides is 1. The van der Waals surface area contributed by atoms with Crippen molar-refractivity contribution in [3.63, 3.8) is 0 Å². The van der Waals surface area contributed by atoms with E-state index >= 15 is 0 Å². The molecule has 0 heterocycles. The number of carbonyl (C=O) groups excluding carboxylic acids is 1. The summed E-state index contributed by atoms with van der Waals surface area (Å²) in [6, 6.07) is 5.28. The van der Waals surface area contributed by atoms with Gasteiger partial charge >= 0.3 is 6.18 Å². The highest BCUT2D eigenvalue weighted by molar-refractivity contribution is 7.92. The molecular formula is C15H19F3N2O3S. The van der Waals surface area contributed by atoms with Crippen molar-refractivity contribution in [2.24, 2.45) is 5.92 Å². The van der Waals surface area contributed by atoms with Crippen molar-refractivity contribution in [1.29, 1.82) is 0 Å². The first-order chi connectivity index (χ1) is 11.0. The first-order valence-corrected chi connectivity index (χ1v) is 9.39. The van der Waals surface area contributed by atoms with E-state index in [0.717, 1.165) is 6.26 Å². The molecule has 0 aromatic heterocycles. The normalized spacial score (nSPS) is 22.0. The monoisotopic (exact) mass is 364 g/mol. The van der Waals surface area contributed by atoms with Gasteiger partial charge in [-0.25, -0.2) is 8.42 Å². The van der Waals surface area contributed by atoms with Crippen LogP contribution in [-0.2, 0) is 10.0 Å². The topological polar surface area (TPSA) is 75.3 Å². The maximum Gasteiger partial charge on any atom is 0.391 e. The van der Waals surface area contributed by atoms with Crippen molar-refractivity contribution < 1.29 is 26.4 Å². The summed E-state index contributed by atoms with van der Waals surface area (Å²) in [6.07, 6.45) is -2.40. The van der Waals surface area contributed by atoms with Gasteiger partial charge in [-0.2, -0.15) is 13.2 Å². The van der Waals surface area contributed by atoms with Gasteiger partial charge in [-0.15, -0.1) is 0 Å². The van der Waals surface area contributed by atoms with Crippen LogP contribution in [0.15, 0.2) is 24.3 Å². The lowest BCUT2D eigenvalue weighted by atomic mass is 9.85. The molecule has 2 rings (SSSR count). The van der Waals surface area contributed by atoms with Gasteiger partial charge in [-0.1, -0.05) is 12.5 Å². The van der Waals surface area contributed by atoms with Crippen LogP contribution in [0.3, 0.4) is 0 Å².